The highest BCUT2D eigenvalue weighted by atomic mass is 32.2. The molecular weight excluding hydrogens is 460 g/mol. The van der Waals surface area contributed by atoms with Crippen molar-refractivity contribution in [3.8, 4) is 11.5 Å². The summed E-state index contributed by atoms with van der Waals surface area (Å²) in [4.78, 5) is 18.3. The van der Waals surface area contributed by atoms with E-state index in [1.54, 1.807) is 12.1 Å². The number of para-hydroxylation sites is 2. The van der Waals surface area contributed by atoms with E-state index in [2.05, 4.69) is 12.2 Å². The van der Waals surface area contributed by atoms with E-state index in [4.69, 9.17) is 19.6 Å². The van der Waals surface area contributed by atoms with Gasteiger partial charge in [0.05, 0.1) is 12.5 Å². The minimum Gasteiger partial charge on any atom is -0.493 e. The fourth-order valence-corrected chi connectivity index (χ4v) is 4.78. The number of carbonyl (C=O) groups excluding carboxylic acids is 1. The van der Waals surface area contributed by atoms with Crippen LogP contribution in [0.4, 0.5) is 0 Å². The summed E-state index contributed by atoms with van der Waals surface area (Å²) in [5.41, 5.74) is 2.28. The van der Waals surface area contributed by atoms with E-state index in [1.165, 1.54) is 11.8 Å². The molecule has 2 aliphatic rings. The molecule has 1 N–H and O–H groups in total. The molecule has 0 fully saturated rings. The van der Waals surface area contributed by atoms with Gasteiger partial charge >= 0.3 is 0 Å². The van der Waals surface area contributed by atoms with E-state index in [-0.39, 0.29) is 5.91 Å². The molecule has 35 heavy (non-hydrogen) atoms. The zero-order chi connectivity index (χ0) is 24.2. The average Bonchev–Trinajstić information content (AvgIpc) is 2.90. The van der Waals surface area contributed by atoms with Crippen LogP contribution in [0, 0.1) is 0 Å². The lowest BCUT2D eigenvalue weighted by Crippen LogP contribution is -2.50. The molecule has 0 aromatic heterocycles. The van der Waals surface area contributed by atoms with Crippen LogP contribution in [0.5, 0.6) is 11.5 Å². The maximum absolute atomic E-state index is 13.3. The van der Waals surface area contributed by atoms with Crippen molar-refractivity contribution >= 4 is 28.5 Å². The molecule has 0 spiro atoms. The smallest absolute Gasteiger partial charge is 0.276 e. The number of thioether (sulfide) groups is 1. The molecule has 1 amide bonds. The molecule has 1 unspecified atom stereocenters. The normalized spacial score (nSPS) is 16.5. The fraction of sp³-hybridized carbons (Fsp3) is 0.222. The number of nitrogens with zero attached hydrogens (tertiary/aromatic N) is 3. The summed E-state index contributed by atoms with van der Waals surface area (Å²) in [5.74, 6) is 1.83. The molecule has 0 radical (unpaired) electrons. The number of amidine groups is 1. The van der Waals surface area contributed by atoms with Gasteiger partial charge in [0, 0.05) is 16.5 Å². The standard InChI is InChI=1S/C27H26N4O3S/c1-3-16-35-27-29-26(32)23-19-12-7-8-14-21(19)28-25(31(23)30-27)20-13-9-15-22(33-2)24(20)34-17-18-10-5-4-6-11-18/h4-15,25H,3,16-17H2,1-2H3,(H,29,30,32). The summed E-state index contributed by atoms with van der Waals surface area (Å²) in [5, 5.41) is 11.5. The molecule has 3 aromatic carbocycles. The first-order chi connectivity index (χ1) is 17.2. The Bertz CT molecular complexity index is 1390. The third kappa shape index (κ3) is 4.61. The van der Waals surface area contributed by atoms with Crippen LogP contribution in [0.3, 0.4) is 0 Å². The van der Waals surface area contributed by atoms with Gasteiger partial charge in [0.25, 0.3) is 5.91 Å². The van der Waals surface area contributed by atoms with Crippen molar-refractivity contribution in [1.29, 1.82) is 0 Å². The van der Waals surface area contributed by atoms with E-state index in [9.17, 15) is 4.79 Å². The van der Waals surface area contributed by atoms with E-state index in [0.717, 1.165) is 33.9 Å². The minimum absolute atomic E-state index is 0.194. The lowest BCUT2D eigenvalue weighted by atomic mass is 10.1. The molecule has 2 aliphatic heterocycles. The van der Waals surface area contributed by atoms with Crippen molar-refractivity contribution in [1.82, 2.24) is 10.3 Å². The number of amides is 1. The molecule has 0 saturated carbocycles. The van der Waals surface area contributed by atoms with Gasteiger partial charge in [0.2, 0.25) is 0 Å². The predicted octanol–water partition coefficient (Wildman–Crippen LogP) is 3.56. The van der Waals surface area contributed by atoms with Gasteiger partial charge in [-0.15, -0.1) is 5.10 Å². The number of methoxy groups -OCH3 is 1. The van der Waals surface area contributed by atoms with Crippen LogP contribution < -0.4 is 25.4 Å². The molecule has 5 rings (SSSR count). The molecule has 1 atom stereocenters. The van der Waals surface area contributed by atoms with Crippen molar-refractivity contribution in [3.05, 3.63) is 94.5 Å². The zero-order valence-electron chi connectivity index (χ0n) is 19.6. The molecule has 0 saturated heterocycles. The molecule has 0 aliphatic carbocycles. The number of fused-ring (bicyclic) bond motifs is 2. The van der Waals surface area contributed by atoms with Gasteiger partial charge in [0.1, 0.15) is 12.3 Å². The highest BCUT2D eigenvalue weighted by molar-refractivity contribution is 8.13. The molecule has 3 aromatic rings. The van der Waals surface area contributed by atoms with Crippen molar-refractivity contribution in [2.24, 2.45) is 10.1 Å². The van der Waals surface area contributed by atoms with E-state index in [1.807, 2.05) is 72.8 Å². The Morgan fingerprint density at radius 1 is 1.03 bits per heavy atom. The van der Waals surface area contributed by atoms with Crippen LogP contribution in [0.2, 0.25) is 0 Å². The number of carbonyl (C=O) groups is 1. The SMILES string of the molecule is CCCSC1=NN2C(=c3ccccc3=NC2c2cccc(OC)c2OCc2ccccc2)C(=O)N1. The maximum atomic E-state index is 13.3. The summed E-state index contributed by atoms with van der Waals surface area (Å²) in [6.45, 7) is 2.47. The van der Waals surface area contributed by atoms with Gasteiger partial charge in [-0.1, -0.05) is 79.3 Å². The summed E-state index contributed by atoms with van der Waals surface area (Å²) in [7, 11) is 1.62. The topological polar surface area (TPSA) is 75.5 Å². The highest BCUT2D eigenvalue weighted by Crippen LogP contribution is 2.40. The summed E-state index contributed by atoms with van der Waals surface area (Å²) in [6.07, 6.45) is 0.379. The Balaban J connectivity index is 1.63. The maximum Gasteiger partial charge on any atom is 0.276 e. The van der Waals surface area contributed by atoms with Crippen LogP contribution in [0.25, 0.3) is 5.70 Å². The molecule has 178 valence electrons. The largest absolute Gasteiger partial charge is 0.493 e. The third-order valence-electron chi connectivity index (χ3n) is 5.69. The van der Waals surface area contributed by atoms with Crippen LogP contribution in [0.15, 0.2) is 82.9 Å². The van der Waals surface area contributed by atoms with Gasteiger partial charge in [-0.3, -0.25) is 15.1 Å². The first kappa shape index (κ1) is 23.0. The Kier molecular flexibility index (Phi) is 6.72. The van der Waals surface area contributed by atoms with Crippen LogP contribution in [-0.4, -0.2) is 28.9 Å². The second-order valence-corrected chi connectivity index (χ2v) is 9.16. The molecular formula is C27H26N4O3S. The minimum atomic E-state index is -0.593. The number of hydrogen-bond donors (Lipinski definition) is 1. The van der Waals surface area contributed by atoms with Crippen LogP contribution >= 0.6 is 11.8 Å². The van der Waals surface area contributed by atoms with Gasteiger partial charge < -0.3 is 9.47 Å². The monoisotopic (exact) mass is 486 g/mol. The summed E-state index contributed by atoms with van der Waals surface area (Å²) >= 11 is 1.52. The number of hydrogen-bond acceptors (Lipinski definition) is 7. The number of benzene rings is 3. The number of hydrazone groups is 1. The summed E-state index contributed by atoms with van der Waals surface area (Å²) < 4.78 is 12.0. The van der Waals surface area contributed by atoms with E-state index < -0.39 is 6.17 Å². The molecule has 7 nitrogen and oxygen atoms in total. The fourth-order valence-electron chi connectivity index (χ4n) is 4.07. The van der Waals surface area contributed by atoms with Gasteiger partial charge in [-0.2, -0.15) is 0 Å². The Hall–Kier alpha value is -3.78. The Labute approximate surface area is 208 Å². The van der Waals surface area contributed by atoms with Crippen LogP contribution in [-0.2, 0) is 11.4 Å². The predicted molar refractivity (Wildman–Crippen MR) is 137 cm³/mol. The van der Waals surface area contributed by atoms with Crippen LogP contribution in [0.1, 0.15) is 30.6 Å². The summed E-state index contributed by atoms with van der Waals surface area (Å²) in [6, 6.07) is 23.3. The van der Waals surface area contributed by atoms with Gasteiger partial charge in [-0.25, -0.2) is 5.01 Å². The molecule has 0 bridgehead atoms. The van der Waals surface area contributed by atoms with Crippen molar-refractivity contribution in [3.63, 3.8) is 0 Å². The molecule has 8 heteroatoms. The first-order valence-corrected chi connectivity index (χ1v) is 12.5. The second-order valence-electron chi connectivity index (χ2n) is 8.07. The Morgan fingerprint density at radius 2 is 1.83 bits per heavy atom. The zero-order valence-corrected chi connectivity index (χ0v) is 20.4. The van der Waals surface area contributed by atoms with Crippen molar-refractivity contribution < 1.29 is 14.3 Å². The van der Waals surface area contributed by atoms with E-state index >= 15 is 0 Å². The second kappa shape index (κ2) is 10.2. The Morgan fingerprint density at radius 3 is 2.63 bits per heavy atom. The third-order valence-corrected chi connectivity index (χ3v) is 6.76. The first-order valence-electron chi connectivity index (χ1n) is 11.5. The van der Waals surface area contributed by atoms with Gasteiger partial charge in [-0.05, 0) is 24.1 Å². The van der Waals surface area contributed by atoms with E-state index in [0.29, 0.717) is 29.0 Å². The van der Waals surface area contributed by atoms with Crippen molar-refractivity contribution in [2.45, 2.75) is 26.1 Å². The van der Waals surface area contributed by atoms with Gasteiger partial charge in [0.15, 0.2) is 22.8 Å². The van der Waals surface area contributed by atoms with Crippen molar-refractivity contribution in [2.75, 3.05) is 12.9 Å². The lowest BCUT2D eigenvalue weighted by Gasteiger charge is -2.34. The number of rotatable bonds is 7. The number of ether oxygens (including phenoxy) is 2. The average molecular weight is 487 g/mol. The lowest BCUT2D eigenvalue weighted by molar-refractivity contribution is -0.116. The number of nitrogens with one attached hydrogen (secondary N) is 1. The highest BCUT2D eigenvalue weighted by Gasteiger charge is 2.36. The quantitative estimate of drug-likeness (QED) is 0.553. The molecule has 2 heterocycles.